The van der Waals surface area contributed by atoms with Gasteiger partial charge in [-0.3, -0.25) is 14.5 Å². The Labute approximate surface area is 174 Å². The fourth-order valence-electron chi connectivity index (χ4n) is 3.70. The molecule has 3 aromatic rings. The first-order chi connectivity index (χ1) is 14.5. The van der Waals surface area contributed by atoms with Crippen LogP contribution >= 0.6 is 0 Å². The number of rotatable bonds is 6. The van der Waals surface area contributed by atoms with E-state index in [1.807, 2.05) is 36.4 Å². The molecule has 0 bridgehead atoms. The molecule has 2 heterocycles. The quantitative estimate of drug-likeness (QED) is 0.550. The molecular weight excluding hydrogens is 380 g/mol. The number of benzene rings is 2. The largest absolute Gasteiger partial charge is 0.379 e. The highest BCUT2D eigenvalue weighted by Gasteiger charge is 2.16. The zero-order valence-corrected chi connectivity index (χ0v) is 16.6. The standard InChI is InChI=1S/C23H24N4O3/c1-15(14-27-9-11-30-12-10-27)23(29)26-17-4-2-3-16(13-17)18-5-6-20(22(24)28)21-19(18)7-8-25-21/h2-8,13,25H,1,9-12,14H2,(H2,24,28)(H,26,29). The average Bonchev–Trinajstić information content (AvgIpc) is 3.23. The smallest absolute Gasteiger partial charge is 0.252 e. The maximum atomic E-state index is 12.6. The van der Waals surface area contributed by atoms with E-state index in [0.717, 1.165) is 29.6 Å². The Morgan fingerprint density at radius 2 is 1.97 bits per heavy atom. The lowest BCUT2D eigenvalue weighted by Gasteiger charge is -2.26. The van der Waals surface area contributed by atoms with Crippen LogP contribution in [0.25, 0.3) is 22.0 Å². The highest BCUT2D eigenvalue weighted by molar-refractivity contribution is 6.09. The van der Waals surface area contributed by atoms with Crippen LogP contribution in [-0.2, 0) is 9.53 Å². The summed E-state index contributed by atoms with van der Waals surface area (Å²) in [6.07, 6.45) is 1.78. The molecule has 4 N–H and O–H groups in total. The number of carbonyl (C=O) groups is 2. The molecule has 2 amide bonds. The average molecular weight is 404 g/mol. The molecule has 7 heteroatoms. The number of hydrogen-bond donors (Lipinski definition) is 3. The number of primary amides is 1. The number of nitrogens with one attached hydrogen (secondary N) is 2. The Kier molecular flexibility index (Phi) is 5.65. The Morgan fingerprint density at radius 3 is 2.73 bits per heavy atom. The van der Waals surface area contributed by atoms with Gasteiger partial charge < -0.3 is 20.8 Å². The van der Waals surface area contributed by atoms with Crippen LogP contribution < -0.4 is 11.1 Å². The maximum Gasteiger partial charge on any atom is 0.252 e. The van der Waals surface area contributed by atoms with E-state index in [1.165, 1.54) is 0 Å². The van der Waals surface area contributed by atoms with Gasteiger partial charge in [0, 0.05) is 42.5 Å². The molecule has 0 radical (unpaired) electrons. The number of hydrogen-bond acceptors (Lipinski definition) is 4. The van der Waals surface area contributed by atoms with Gasteiger partial charge >= 0.3 is 0 Å². The van der Waals surface area contributed by atoms with Crippen LogP contribution in [0.2, 0.25) is 0 Å². The monoisotopic (exact) mass is 404 g/mol. The number of anilines is 1. The lowest BCUT2D eigenvalue weighted by molar-refractivity contribution is -0.113. The van der Waals surface area contributed by atoms with Crippen molar-refractivity contribution in [3.05, 3.63) is 66.4 Å². The minimum absolute atomic E-state index is 0.200. The lowest BCUT2D eigenvalue weighted by atomic mass is 9.98. The summed E-state index contributed by atoms with van der Waals surface area (Å²) in [6.45, 7) is 7.43. The summed E-state index contributed by atoms with van der Waals surface area (Å²) in [5, 5.41) is 3.83. The van der Waals surface area contributed by atoms with E-state index in [0.29, 0.717) is 42.1 Å². The number of aromatic amines is 1. The number of morpholine rings is 1. The van der Waals surface area contributed by atoms with Gasteiger partial charge in [-0.1, -0.05) is 24.8 Å². The summed E-state index contributed by atoms with van der Waals surface area (Å²) in [5.41, 5.74) is 9.69. The molecule has 0 saturated carbocycles. The van der Waals surface area contributed by atoms with Crippen molar-refractivity contribution in [3.8, 4) is 11.1 Å². The number of carbonyl (C=O) groups excluding carboxylic acids is 2. The molecule has 0 atom stereocenters. The summed E-state index contributed by atoms with van der Waals surface area (Å²) >= 11 is 0. The second kappa shape index (κ2) is 8.52. The third-order valence-corrected chi connectivity index (χ3v) is 5.26. The van der Waals surface area contributed by atoms with Crippen LogP contribution in [0.3, 0.4) is 0 Å². The van der Waals surface area contributed by atoms with Crippen molar-refractivity contribution in [1.29, 1.82) is 0 Å². The number of H-pyrrole nitrogens is 1. The molecule has 1 fully saturated rings. The van der Waals surface area contributed by atoms with Crippen molar-refractivity contribution in [2.45, 2.75) is 0 Å². The topological polar surface area (TPSA) is 100 Å². The van der Waals surface area contributed by atoms with Crippen molar-refractivity contribution >= 4 is 28.4 Å². The number of fused-ring (bicyclic) bond motifs is 1. The molecule has 0 unspecified atom stereocenters. The molecular formula is C23H24N4O3. The van der Waals surface area contributed by atoms with Crippen LogP contribution in [0.5, 0.6) is 0 Å². The second-order valence-electron chi connectivity index (χ2n) is 7.32. The van der Waals surface area contributed by atoms with Crippen molar-refractivity contribution in [2.24, 2.45) is 5.73 Å². The maximum absolute atomic E-state index is 12.6. The molecule has 1 aliphatic heterocycles. The van der Waals surface area contributed by atoms with Crippen LogP contribution in [0.15, 0.2) is 60.8 Å². The first-order valence-electron chi connectivity index (χ1n) is 9.82. The van der Waals surface area contributed by atoms with Gasteiger partial charge in [-0.15, -0.1) is 0 Å². The summed E-state index contributed by atoms with van der Waals surface area (Å²) in [6, 6.07) is 13.1. The summed E-state index contributed by atoms with van der Waals surface area (Å²) in [4.78, 5) is 29.5. The van der Waals surface area contributed by atoms with E-state index in [9.17, 15) is 9.59 Å². The number of nitrogens with two attached hydrogens (primary N) is 1. The second-order valence-corrected chi connectivity index (χ2v) is 7.32. The Morgan fingerprint density at radius 1 is 1.17 bits per heavy atom. The zero-order valence-electron chi connectivity index (χ0n) is 16.6. The molecule has 1 aromatic heterocycles. The fourth-order valence-corrected chi connectivity index (χ4v) is 3.70. The predicted octanol–water partition coefficient (Wildman–Crippen LogP) is 2.76. The normalized spacial score (nSPS) is 14.5. The summed E-state index contributed by atoms with van der Waals surface area (Å²) in [7, 11) is 0. The SMILES string of the molecule is C=C(CN1CCOCC1)C(=O)Nc1cccc(-c2ccc(C(N)=O)c3[nH]ccc23)c1. The Hall–Kier alpha value is -3.42. The Balaban J connectivity index is 1.53. The predicted molar refractivity (Wildman–Crippen MR) is 117 cm³/mol. The highest BCUT2D eigenvalue weighted by atomic mass is 16.5. The van der Waals surface area contributed by atoms with Crippen LogP contribution in [-0.4, -0.2) is 54.5 Å². The van der Waals surface area contributed by atoms with Crippen molar-refractivity contribution in [2.75, 3.05) is 38.2 Å². The summed E-state index contributed by atoms with van der Waals surface area (Å²) < 4.78 is 5.34. The van der Waals surface area contributed by atoms with Crippen molar-refractivity contribution < 1.29 is 14.3 Å². The summed E-state index contributed by atoms with van der Waals surface area (Å²) in [5.74, 6) is -0.677. The molecule has 4 rings (SSSR count). The van der Waals surface area contributed by atoms with Gasteiger partial charge in [0.25, 0.3) is 11.8 Å². The Bertz CT molecular complexity index is 1110. The van der Waals surface area contributed by atoms with E-state index < -0.39 is 5.91 Å². The number of nitrogens with zero attached hydrogens (tertiary/aromatic N) is 1. The van der Waals surface area contributed by atoms with E-state index in [1.54, 1.807) is 12.3 Å². The molecule has 1 saturated heterocycles. The van der Waals surface area contributed by atoms with Crippen molar-refractivity contribution in [1.82, 2.24) is 9.88 Å². The van der Waals surface area contributed by atoms with Crippen LogP contribution in [0.1, 0.15) is 10.4 Å². The minimum atomic E-state index is -0.478. The zero-order chi connectivity index (χ0) is 21.1. The third-order valence-electron chi connectivity index (χ3n) is 5.26. The highest BCUT2D eigenvalue weighted by Crippen LogP contribution is 2.31. The molecule has 7 nitrogen and oxygen atoms in total. The first-order valence-corrected chi connectivity index (χ1v) is 9.82. The number of ether oxygens (including phenoxy) is 1. The van der Waals surface area contributed by atoms with E-state index in [-0.39, 0.29) is 5.91 Å². The van der Waals surface area contributed by atoms with Crippen LogP contribution in [0.4, 0.5) is 5.69 Å². The molecule has 0 aliphatic carbocycles. The molecule has 0 spiro atoms. The fraction of sp³-hybridized carbons (Fsp3) is 0.217. The van der Waals surface area contributed by atoms with Crippen molar-refractivity contribution in [3.63, 3.8) is 0 Å². The number of aromatic nitrogens is 1. The molecule has 2 aromatic carbocycles. The van der Waals surface area contributed by atoms with Gasteiger partial charge in [-0.05, 0) is 35.4 Å². The minimum Gasteiger partial charge on any atom is -0.379 e. The van der Waals surface area contributed by atoms with Crippen LogP contribution in [0, 0.1) is 0 Å². The molecule has 1 aliphatic rings. The van der Waals surface area contributed by atoms with Gasteiger partial charge in [0.1, 0.15) is 0 Å². The van der Waals surface area contributed by atoms with Gasteiger partial charge in [0.2, 0.25) is 0 Å². The van der Waals surface area contributed by atoms with E-state index in [4.69, 9.17) is 10.5 Å². The number of amides is 2. The van der Waals surface area contributed by atoms with E-state index >= 15 is 0 Å². The molecule has 30 heavy (non-hydrogen) atoms. The van der Waals surface area contributed by atoms with Gasteiger partial charge in [-0.2, -0.15) is 0 Å². The van der Waals surface area contributed by atoms with Gasteiger partial charge in [-0.25, -0.2) is 0 Å². The lowest BCUT2D eigenvalue weighted by Crippen LogP contribution is -2.38. The van der Waals surface area contributed by atoms with Gasteiger partial charge in [0.15, 0.2) is 0 Å². The molecule has 154 valence electrons. The van der Waals surface area contributed by atoms with Gasteiger partial charge in [0.05, 0.1) is 24.3 Å². The first kappa shape index (κ1) is 19.9. The van der Waals surface area contributed by atoms with E-state index in [2.05, 4.69) is 21.8 Å². The third kappa shape index (κ3) is 4.12.